The van der Waals surface area contributed by atoms with Crippen molar-refractivity contribution in [3.8, 4) is 22.6 Å². The highest BCUT2D eigenvalue weighted by atomic mass is 19.1. The second-order valence-electron chi connectivity index (χ2n) is 8.51. The summed E-state index contributed by atoms with van der Waals surface area (Å²) in [5.74, 6) is -1.60. The van der Waals surface area contributed by atoms with Gasteiger partial charge in [-0.05, 0) is 84.0 Å². The number of aromatic carboxylic acids is 1. The third-order valence-corrected chi connectivity index (χ3v) is 6.46. The van der Waals surface area contributed by atoms with Gasteiger partial charge in [-0.25, -0.2) is 13.6 Å². The molecule has 1 aliphatic carbocycles. The van der Waals surface area contributed by atoms with Gasteiger partial charge < -0.3 is 14.6 Å². The van der Waals surface area contributed by atoms with Crippen molar-refractivity contribution in [1.29, 1.82) is 0 Å². The van der Waals surface area contributed by atoms with Gasteiger partial charge in [-0.15, -0.1) is 0 Å². The number of carboxylic acid groups (broad SMARTS) is 1. The van der Waals surface area contributed by atoms with Crippen LogP contribution in [0.3, 0.4) is 0 Å². The van der Waals surface area contributed by atoms with E-state index < -0.39 is 28.6 Å². The first-order valence-electron chi connectivity index (χ1n) is 10.5. The Hall–Kier alpha value is -3.74. The van der Waals surface area contributed by atoms with Crippen LogP contribution in [0.1, 0.15) is 41.3 Å². The molecule has 1 heterocycles. The van der Waals surface area contributed by atoms with Crippen LogP contribution in [0, 0.1) is 18.6 Å². The first-order valence-corrected chi connectivity index (χ1v) is 10.5. The molecule has 170 valence electrons. The SMILES string of the molecule is Cc1cc(F)c(CC(=O)C2(c3ccc4c(c3)OCO4)CC2)cc1-c1ccc(F)c(C(=O)O)c1.[HH]. The van der Waals surface area contributed by atoms with E-state index in [0.29, 0.717) is 41.0 Å². The van der Waals surface area contributed by atoms with Gasteiger partial charge in [0.1, 0.15) is 17.4 Å². The highest BCUT2D eigenvalue weighted by Gasteiger charge is 2.51. The topological polar surface area (TPSA) is 72.8 Å². The molecule has 0 amide bonds. The zero-order valence-corrected chi connectivity index (χ0v) is 17.8. The fraction of sp³-hybridized carbons (Fsp3) is 0.231. The van der Waals surface area contributed by atoms with E-state index in [9.17, 15) is 23.5 Å². The molecule has 33 heavy (non-hydrogen) atoms. The number of fused-ring (bicyclic) bond motifs is 1. The molecule has 0 bridgehead atoms. The number of hydrogen-bond acceptors (Lipinski definition) is 4. The Balaban J connectivity index is 0.00000274. The van der Waals surface area contributed by atoms with E-state index in [1.165, 1.54) is 18.2 Å². The molecule has 5 nitrogen and oxygen atoms in total. The summed E-state index contributed by atoms with van der Waals surface area (Å²) >= 11 is 0. The lowest BCUT2D eigenvalue weighted by molar-refractivity contribution is -0.120. The predicted molar refractivity (Wildman–Crippen MR) is 118 cm³/mol. The fourth-order valence-corrected chi connectivity index (χ4v) is 4.41. The molecule has 1 saturated carbocycles. The van der Waals surface area contributed by atoms with Gasteiger partial charge in [-0.2, -0.15) is 0 Å². The first-order chi connectivity index (χ1) is 15.8. The van der Waals surface area contributed by atoms with Crippen molar-refractivity contribution in [3.63, 3.8) is 0 Å². The van der Waals surface area contributed by atoms with Crippen LogP contribution in [0.25, 0.3) is 11.1 Å². The molecule has 0 spiro atoms. The van der Waals surface area contributed by atoms with Gasteiger partial charge in [0.15, 0.2) is 11.5 Å². The Kier molecular flexibility index (Phi) is 4.92. The molecule has 0 radical (unpaired) electrons. The van der Waals surface area contributed by atoms with Crippen molar-refractivity contribution >= 4 is 11.8 Å². The van der Waals surface area contributed by atoms with Crippen molar-refractivity contribution in [3.05, 3.63) is 82.4 Å². The van der Waals surface area contributed by atoms with Gasteiger partial charge in [0.25, 0.3) is 0 Å². The molecule has 3 aromatic carbocycles. The van der Waals surface area contributed by atoms with Crippen LogP contribution < -0.4 is 9.47 Å². The molecule has 0 unspecified atom stereocenters. The van der Waals surface area contributed by atoms with Gasteiger partial charge in [-0.3, -0.25) is 4.79 Å². The van der Waals surface area contributed by atoms with E-state index in [1.54, 1.807) is 19.1 Å². The second-order valence-corrected chi connectivity index (χ2v) is 8.51. The minimum absolute atomic E-state index is 0. The number of benzene rings is 3. The maximum Gasteiger partial charge on any atom is 0.338 e. The van der Waals surface area contributed by atoms with Gasteiger partial charge in [0, 0.05) is 7.85 Å². The summed E-state index contributed by atoms with van der Waals surface area (Å²) in [5, 5.41) is 9.23. The highest BCUT2D eigenvalue weighted by molar-refractivity contribution is 5.95. The van der Waals surface area contributed by atoms with Crippen molar-refractivity contribution < 1.29 is 34.4 Å². The number of Topliss-reactive ketones (excluding diaryl/α,β-unsaturated/α-hetero) is 1. The zero-order valence-electron chi connectivity index (χ0n) is 17.8. The third kappa shape index (κ3) is 3.63. The smallest absolute Gasteiger partial charge is 0.338 e. The number of carboxylic acids is 1. The predicted octanol–water partition coefficient (Wildman–Crippen LogP) is 5.46. The van der Waals surface area contributed by atoms with E-state index in [-0.39, 0.29) is 26.0 Å². The minimum Gasteiger partial charge on any atom is -0.478 e. The number of aryl methyl sites for hydroxylation is 1. The van der Waals surface area contributed by atoms with Gasteiger partial charge in [-0.1, -0.05) is 12.1 Å². The van der Waals surface area contributed by atoms with Crippen molar-refractivity contribution in [2.24, 2.45) is 0 Å². The van der Waals surface area contributed by atoms with Crippen molar-refractivity contribution in [1.82, 2.24) is 0 Å². The Morgan fingerprint density at radius 2 is 1.76 bits per heavy atom. The van der Waals surface area contributed by atoms with Gasteiger partial charge in [0.05, 0.1) is 11.0 Å². The average Bonchev–Trinajstić information content (AvgIpc) is 3.46. The highest BCUT2D eigenvalue weighted by Crippen LogP contribution is 2.51. The summed E-state index contributed by atoms with van der Waals surface area (Å²) in [4.78, 5) is 24.6. The summed E-state index contributed by atoms with van der Waals surface area (Å²) in [6, 6.07) is 12.1. The lowest BCUT2D eigenvalue weighted by Crippen LogP contribution is -2.23. The molecule has 0 aromatic heterocycles. The lowest BCUT2D eigenvalue weighted by Gasteiger charge is -2.17. The summed E-state index contributed by atoms with van der Waals surface area (Å²) in [5.41, 5.74) is 1.46. The Morgan fingerprint density at radius 3 is 2.48 bits per heavy atom. The van der Waals surface area contributed by atoms with Gasteiger partial charge >= 0.3 is 5.97 Å². The van der Waals surface area contributed by atoms with Crippen LogP contribution >= 0.6 is 0 Å². The lowest BCUT2D eigenvalue weighted by atomic mass is 9.86. The standard InChI is InChI=1S/C26H20F2O5.H2/c1-14-8-21(28)16(10-18(14)15-2-4-20(27)19(9-15)25(30)31)11-24(29)26(6-7-26)17-3-5-22-23(12-17)33-13-32-22;/h2-5,8-10,12H,6-7,11,13H2,1H3,(H,30,31);1H. The number of hydrogen-bond donors (Lipinski definition) is 1. The number of carbonyl (C=O) groups is 2. The number of carbonyl (C=O) groups excluding carboxylic acids is 1. The molecular weight excluding hydrogens is 430 g/mol. The van der Waals surface area contributed by atoms with Crippen LogP contribution in [0.15, 0.2) is 48.5 Å². The molecule has 1 N–H and O–H groups in total. The second kappa shape index (κ2) is 7.69. The number of halogens is 2. The quantitative estimate of drug-likeness (QED) is 0.538. The fourth-order valence-electron chi connectivity index (χ4n) is 4.41. The monoisotopic (exact) mass is 452 g/mol. The number of ketones is 1. The first kappa shape index (κ1) is 21.1. The van der Waals surface area contributed by atoms with Crippen LogP contribution in [0.4, 0.5) is 8.78 Å². The summed E-state index contributed by atoms with van der Waals surface area (Å²) in [7, 11) is 0. The molecule has 3 aromatic rings. The minimum atomic E-state index is -1.39. The Bertz CT molecular complexity index is 1320. The van der Waals surface area contributed by atoms with E-state index in [0.717, 1.165) is 11.6 Å². The molecule has 2 aliphatic rings. The van der Waals surface area contributed by atoms with Crippen LogP contribution in [0.2, 0.25) is 0 Å². The van der Waals surface area contributed by atoms with Gasteiger partial charge in [0.2, 0.25) is 6.79 Å². The molecule has 0 saturated heterocycles. The number of ether oxygens (including phenoxy) is 2. The molecular formula is C26H22F2O5. The third-order valence-electron chi connectivity index (χ3n) is 6.46. The molecule has 0 atom stereocenters. The van der Waals surface area contributed by atoms with Crippen molar-refractivity contribution in [2.75, 3.05) is 6.79 Å². The van der Waals surface area contributed by atoms with Crippen LogP contribution in [-0.2, 0) is 16.6 Å². The molecule has 1 aliphatic heterocycles. The van der Waals surface area contributed by atoms with E-state index in [1.807, 2.05) is 12.1 Å². The van der Waals surface area contributed by atoms with Crippen molar-refractivity contribution in [2.45, 2.75) is 31.6 Å². The molecule has 7 heteroatoms. The molecule has 5 rings (SSSR count). The number of rotatable bonds is 6. The summed E-state index contributed by atoms with van der Waals surface area (Å²) in [6.07, 6.45) is 1.23. The maximum atomic E-state index is 14.8. The van der Waals surface area contributed by atoms with E-state index in [2.05, 4.69) is 0 Å². The average molecular weight is 452 g/mol. The van der Waals surface area contributed by atoms with E-state index >= 15 is 0 Å². The van der Waals surface area contributed by atoms with E-state index in [4.69, 9.17) is 9.47 Å². The maximum absolute atomic E-state index is 14.8. The van der Waals surface area contributed by atoms with Crippen LogP contribution in [0.5, 0.6) is 11.5 Å². The Labute approximate surface area is 190 Å². The largest absolute Gasteiger partial charge is 0.478 e. The normalized spacial score (nSPS) is 15.4. The summed E-state index contributed by atoms with van der Waals surface area (Å²) in [6.45, 7) is 1.83. The Morgan fingerprint density at radius 1 is 1.00 bits per heavy atom. The molecule has 1 fully saturated rings. The zero-order chi connectivity index (χ0) is 23.3. The summed E-state index contributed by atoms with van der Waals surface area (Å²) < 4.78 is 39.4. The van der Waals surface area contributed by atoms with Crippen LogP contribution in [-0.4, -0.2) is 23.7 Å².